The predicted octanol–water partition coefficient (Wildman–Crippen LogP) is 1.86. The van der Waals surface area contributed by atoms with Gasteiger partial charge in [-0.3, -0.25) is 14.5 Å². The Morgan fingerprint density at radius 3 is 2.70 bits per heavy atom. The molecule has 2 aliphatic heterocycles. The van der Waals surface area contributed by atoms with Crippen molar-refractivity contribution in [3.63, 3.8) is 0 Å². The number of fused-ring (bicyclic) bond motifs is 1. The van der Waals surface area contributed by atoms with Gasteiger partial charge in [-0.05, 0) is 50.5 Å². The maximum absolute atomic E-state index is 13.4. The van der Waals surface area contributed by atoms with Crippen molar-refractivity contribution < 1.29 is 14.0 Å². The summed E-state index contributed by atoms with van der Waals surface area (Å²) in [7, 11) is 0. The number of hydrogen-bond acceptors (Lipinski definition) is 2. The van der Waals surface area contributed by atoms with E-state index >= 15 is 0 Å². The van der Waals surface area contributed by atoms with E-state index in [0.29, 0.717) is 24.2 Å². The van der Waals surface area contributed by atoms with Gasteiger partial charge in [0.1, 0.15) is 17.9 Å². The zero-order valence-electron chi connectivity index (χ0n) is 11.6. The van der Waals surface area contributed by atoms with Crippen LogP contribution >= 0.6 is 0 Å². The van der Waals surface area contributed by atoms with Crippen LogP contribution in [0.2, 0.25) is 0 Å². The van der Waals surface area contributed by atoms with Crippen LogP contribution in [0.15, 0.2) is 18.2 Å². The molecule has 2 aliphatic rings. The number of hydrogen-bond donors (Lipinski definition) is 0. The Balaban J connectivity index is 2.01. The fraction of sp³-hybridized carbons (Fsp3) is 0.467. The van der Waals surface area contributed by atoms with Gasteiger partial charge in [-0.15, -0.1) is 0 Å². The quantitative estimate of drug-likeness (QED) is 0.785. The van der Waals surface area contributed by atoms with Crippen LogP contribution in [-0.2, 0) is 9.59 Å². The van der Waals surface area contributed by atoms with E-state index in [1.165, 1.54) is 11.0 Å². The highest BCUT2D eigenvalue weighted by molar-refractivity contribution is 6.08. The largest absolute Gasteiger partial charge is 0.329 e. The fourth-order valence-corrected chi connectivity index (χ4v) is 3.12. The lowest BCUT2D eigenvalue weighted by molar-refractivity contribution is -0.143. The highest BCUT2D eigenvalue weighted by atomic mass is 19.1. The summed E-state index contributed by atoms with van der Waals surface area (Å²) in [5.74, 6) is -0.380. The van der Waals surface area contributed by atoms with Gasteiger partial charge in [0, 0.05) is 12.2 Å². The van der Waals surface area contributed by atoms with Crippen LogP contribution in [-0.4, -0.2) is 35.3 Å². The number of amides is 2. The molecule has 106 valence electrons. The molecule has 2 unspecified atom stereocenters. The van der Waals surface area contributed by atoms with Crippen molar-refractivity contribution >= 4 is 17.5 Å². The zero-order valence-corrected chi connectivity index (χ0v) is 11.6. The minimum Gasteiger partial charge on any atom is -0.329 e. The van der Waals surface area contributed by atoms with Crippen molar-refractivity contribution in [3.05, 3.63) is 29.6 Å². The van der Waals surface area contributed by atoms with Gasteiger partial charge in [-0.25, -0.2) is 4.39 Å². The van der Waals surface area contributed by atoms with Gasteiger partial charge in [0.25, 0.3) is 5.91 Å². The van der Waals surface area contributed by atoms with Crippen LogP contribution < -0.4 is 4.90 Å². The zero-order chi connectivity index (χ0) is 14.4. The van der Waals surface area contributed by atoms with E-state index in [4.69, 9.17) is 0 Å². The summed E-state index contributed by atoms with van der Waals surface area (Å²) >= 11 is 0. The number of anilines is 1. The number of aryl methyl sites for hydroxylation is 1. The molecule has 20 heavy (non-hydrogen) atoms. The number of halogens is 1. The SMILES string of the molecule is Cc1cc(N2C(=O)C3CCCN3C(=O)C2C)ccc1F. The normalized spacial score (nSPS) is 26.1. The Kier molecular flexibility index (Phi) is 3.00. The number of benzene rings is 1. The van der Waals surface area contributed by atoms with Crippen LogP contribution in [0.5, 0.6) is 0 Å². The topological polar surface area (TPSA) is 40.6 Å². The molecule has 2 fully saturated rings. The highest BCUT2D eigenvalue weighted by Crippen LogP contribution is 2.31. The van der Waals surface area contributed by atoms with Gasteiger partial charge in [-0.2, -0.15) is 0 Å². The lowest BCUT2D eigenvalue weighted by atomic mass is 10.0. The Morgan fingerprint density at radius 1 is 1.25 bits per heavy atom. The first-order valence-corrected chi connectivity index (χ1v) is 6.90. The molecule has 1 aromatic rings. The number of carbonyl (C=O) groups is 2. The van der Waals surface area contributed by atoms with Crippen molar-refractivity contribution in [3.8, 4) is 0 Å². The maximum Gasteiger partial charge on any atom is 0.250 e. The minimum absolute atomic E-state index is 0.0194. The smallest absolute Gasteiger partial charge is 0.250 e. The van der Waals surface area contributed by atoms with Gasteiger partial charge < -0.3 is 4.90 Å². The van der Waals surface area contributed by atoms with E-state index in [2.05, 4.69) is 0 Å². The number of piperazine rings is 1. The number of nitrogens with zero attached hydrogens (tertiary/aromatic N) is 2. The molecule has 5 heteroatoms. The van der Waals surface area contributed by atoms with Gasteiger partial charge in [0.05, 0.1) is 0 Å². The summed E-state index contributed by atoms with van der Waals surface area (Å²) in [4.78, 5) is 28.1. The summed E-state index contributed by atoms with van der Waals surface area (Å²) in [6, 6.07) is 3.66. The average Bonchev–Trinajstić information content (AvgIpc) is 2.90. The molecule has 0 aliphatic carbocycles. The van der Waals surface area contributed by atoms with Crippen LogP contribution in [0.4, 0.5) is 10.1 Å². The molecule has 1 aromatic carbocycles. The molecule has 2 heterocycles. The molecule has 2 amide bonds. The summed E-state index contributed by atoms with van der Waals surface area (Å²) in [6.07, 6.45) is 1.58. The first-order chi connectivity index (χ1) is 9.50. The Morgan fingerprint density at radius 2 is 2.00 bits per heavy atom. The summed E-state index contributed by atoms with van der Waals surface area (Å²) in [5, 5.41) is 0. The molecule has 0 aromatic heterocycles. The Hall–Kier alpha value is -1.91. The molecular formula is C15H17FN2O2. The third-order valence-corrected chi connectivity index (χ3v) is 4.22. The van der Waals surface area contributed by atoms with Gasteiger partial charge in [0.15, 0.2) is 0 Å². The molecule has 4 nitrogen and oxygen atoms in total. The lowest BCUT2D eigenvalue weighted by Gasteiger charge is -2.41. The monoisotopic (exact) mass is 276 g/mol. The summed E-state index contributed by atoms with van der Waals surface area (Å²) in [5.41, 5.74) is 1.07. The minimum atomic E-state index is -0.526. The summed E-state index contributed by atoms with van der Waals surface area (Å²) in [6.45, 7) is 4.05. The molecule has 3 rings (SSSR count). The van der Waals surface area contributed by atoms with Crippen LogP contribution in [0.3, 0.4) is 0 Å². The van der Waals surface area contributed by atoms with Crippen molar-refractivity contribution in [2.24, 2.45) is 0 Å². The molecule has 0 radical (unpaired) electrons. The molecule has 2 atom stereocenters. The van der Waals surface area contributed by atoms with E-state index in [-0.39, 0.29) is 23.7 Å². The van der Waals surface area contributed by atoms with Gasteiger partial charge in [0.2, 0.25) is 5.91 Å². The maximum atomic E-state index is 13.4. The van der Waals surface area contributed by atoms with Crippen molar-refractivity contribution in [1.82, 2.24) is 4.90 Å². The van der Waals surface area contributed by atoms with E-state index < -0.39 is 6.04 Å². The van der Waals surface area contributed by atoms with E-state index in [1.54, 1.807) is 30.9 Å². The third kappa shape index (κ3) is 1.80. The average molecular weight is 276 g/mol. The molecule has 2 saturated heterocycles. The van der Waals surface area contributed by atoms with E-state index in [9.17, 15) is 14.0 Å². The van der Waals surface area contributed by atoms with Crippen LogP contribution in [0.1, 0.15) is 25.3 Å². The summed E-state index contributed by atoms with van der Waals surface area (Å²) < 4.78 is 13.4. The van der Waals surface area contributed by atoms with Crippen molar-refractivity contribution in [2.45, 2.75) is 38.8 Å². The Labute approximate surface area is 117 Å². The van der Waals surface area contributed by atoms with Crippen LogP contribution in [0.25, 0.3) is 0 Å². The van der Waals surface area contributed by atoms with Crippen molar-refractivity contribution in [2.75, 3.05) is 11.4 Å². The highest BCUT2D eigenvalue weighted by Gasteiger charge is 2.46. The second-order valence-electron chi connectivity index (χ2n) is 5.51. The first kappa shape index (κ1) is 13.1. The lowest BCUT2D eigenvalue weighted by Crippen LogP contribution is -2.62. The van der Waals surface area contributed by atoms with E-state index in [1.807, 2.05) is 0 Å². The fourth-order valence-electron chi connectivity index (χ4n) is 3.12. The first-order valence-electron chi connectivity index (χ1n) is 6.90. The van der Waals surface area contributed by atoms with E-state index in [0.717, 1.165) is 6.42 Å². The predicted molar refractivity (Wildman–Crippen MR) is 72.8 cm³/mol. The third-order valence-electron chi connectivity index (χ3n) is 4.22. The standard InChI is InChI=1S/C15H17FN2O2/c1-9-8-11(5-6-12(9)16)18-10(2)14(19)17-7-3-4-13(17)15(18)20/h5-6,8,10,13H,3-4,7H2,1-2H3. The van der Waals surface area contributed by atoms with Crippen LogP contribution in [0, 0.1) is 12.7 Å². The van der Waals surface area contributed by atoms with Crippen molar-refractivity contribution in [1.29, 1.82) is 0 Å². The van der Waals surface area contributed by atoms with Gasteiger partial charge >= 0.3 is 0 Å². The molecule has 0 bridgehead atoms. The molecule has 0 spiro atoms. The molecule has 0 saturated carbocycles. The second-order valence-corrected chi connectivity index (χ2v) is 5.51. The second kappa shape index (κ2) is 4.58. The Bertz CT molecular complexity index is 587. The number of carbonyl (C=O) groups excluding carboxylic acids is 2. The number of rotatable bonds is 1. The molecular weight excluding hydrogens is 259 g/mol. The molecule has 0 N–H and O–H groups in total. The van der Waals surface area contributed by atoms with Gasteiger partial charge in [-0.1, -0.05) is 0 Å².